The molecule has 0 aliphatic rings. The molecule has 0 radical (unpaired) electrons. The third kappa shape index (κ3) is 2.50. The van der Waals surface area contributed by atoms with Crippen LogP contribution in [0, 0.1) is 11.4 Å². The van der Waals surface area contributed by atoms with Crippen molar-refractivity contribution in [3.05, 3.63) is 20.3 Å². The van der Waals surface area contributed by atoms with Crippen molar-refractivity contribution in [2.24, 2.45) is 0 Å². The van der Waals surface area contributed by atoms with Gasteiger partial charge in [0, 0.05) is 20.1 Å². The molecular formula is C12H20N2OS. The van der Waals surface area contributed by atoms with E-state index in [1.165, 1.54) is 0 Å². The van der Waals surface area contributed by atoms with E-state index in [1.54, 1.807) is 0 Å². The molecule has 0 bridgehead atoms. The summed E-state index contributed by atoms with van der Waals surface area (Å²) in [6.07, 6.45) is 0. The number of nitrogens with zero attached hydrogens (tertiary/aromatic N) is 2. The van der Waals surface area contributed by atoms with Crippen molar-refractivity contribution in [3.63, 3.8) is 0 Å². The summed E-state index contributed by atoms with van der Waals surface area (Å²) >= 11 is 4.96. The zero-order chi connectivity index (χ0) is 12.3. The number of hydrogen-bond donors (Lipinski definition) is 0. The molecule has 4 heteroatoms. The van der Waals surface area contributed by atoms with E-state index in [9.17, 15) is 4.79 Å². The number of hydrogen-bond acceptors (Lipinski definition) is 4. The van der Waals surface area contributed by atoms with Crippen LogP contribution >= 0.6 is 12.2 Å². The van der Waals surface area contributed by atoms with Crippen molar-refractivity contribution in [1.29, 1.82) is 0 Å². The van der Waals surface area contributed by atoms with Crippen LogP contribution in [-0.4, -0.2) is 38.1 Å². The van der Waals surface area contributed by atoms with E-state index in [-0.39, 0.29) is 5.43 Å². The predicted molar refractivity (Wildman–Crippen MR) is 71.7 cm³/mol. The van der Waals surface area contributed by atoms with Crippen LogP contribution in [0.5, 0.6) is 0 Å². The van der Waals surface area contributed by atoms with Crippen LogP contribution in [-0.2, 0) is 0 Å². The molecule has 0 aromatic heterocycles. The Morgan fingerprint density at radius 1 is 1.19 bits per heavy atom. The molecule has 90 valence electrons. The van der Waals surface area contributed by atoms with Gasteiger partial charge in [-0.05, 0) is 25.6 Å². The second-order valence-corrected chi connectivity index (χ2v) is 4.49. The summed E-state index contributed by atoms with van der Waals surface area (Å²) in [4.78, 5) is 15.9. The van der Waals surface area contributed by atoms with E-state index < -0.39 is 0 Å². The van der Waals surface area contributed by atoms with Gasteiger partial charge >= 0.3 is 0 Å². The van der Waals surface area contributed by atoms with Crippen molar-refractivity contribution in [3.8, 4) is 0 Å². The van der Waals surface area contributed by atoms with Gasteiger partial charge in [-0.15, -0.1) is 0 Å². The summed E-state index contributed by atoms with van der Waals surface area (Å²) < 4.78 is 0.504. The standard InChI is InChI=1S/C12H20N2OS/c1-5-14(6-2)8-7-13(4)10-9(3)12(16)11(10)15/h5-8H2,1-4H3. The van der Waals surface area contributed by atoms with Crippen molar-refractivity contribution < 1.29 is 0 Å². The quantitative estimate of drug-likeness (QED) is 0.707. The topological polar surface area (TPSA) is 23.6 Å². The Morgan fingerprint density at radius 2 is 1.75 bits per heavy atom. The maximum atomic E-state index is 11.5. The highest BCUT2D eigenvalue weighted by Crippen LogP contribution is 2.17. The van der Waals surface area contributed by atoms with E-state index in [0.29, 0.717) is 4.51 Å². The smallest absolute Gasteiger partial charge is 0.220 e. The molecule has 1 aromatic carbocycles. The van der Waals surface area contributed by atoms with Crippen molar-refractivity contribution in [1.82, 2.24) is 4.90 Å². The third-order valence-corrected chi connectivity index (χ3v) is 3.64. The van der Waals surface area contributed by atoms with E-state index in [0.717, 1.165) is 37.4 Å². The zero-order valence-corrected chi connectivity index (χ0v) is 11.4. The Hall–Kier alpha value is -0.740. The molecule has 0 amide bonds. The first-order valence-electron chi connectivity index (χ1n) is 5.76. The lowest BCUT2D eigenvalue weighted by molar-refractivity contribution is 0.311. The van der Waals surface area contributed by atoms with Gasteiger partial charge in [-0.3, -0.25) is 4.79 Å². The molecule has 0 saturated carbocycles. The average Bonchev–Trinajstić information content (AvgIpc) is 2.30. The van der Waals surface area contributed by atoms with Gasteiger partial charge < -0.3 is 9.80 Å². The average molecular weight is 240 g/mol. The largest absolute Gasteiger partial charge is 0.370 e. The monoisotopic (exact) mass is 240 g/mol. The van der Waals surface area contributed by atoms with Gasteiger partial charge in [0.2, 0.25) is 5.43 Å². The lowest BCUT2D eigenvalue weighted by Crippen LogP contribution is -2.36. The van der Waals surface area contributed by atoms with Crippen LogP contribution in [0.25, 0.3) is 0 Å². The van der Waals surface area contributed by atoms with Gasteiger partial charge in [-0.25, -0.2) is 0 Å². The minimum atomic E-state index is 0.0366. The van der Waals surface area contributed by atoms with Gasteiger partial charge in [0.05, 0.1) is 10.2 Å². The van der Waals surface area contributed by atoms with Gasteiger partial charge in [0.15, 0.2) is 0 Å². The first-order valence-corrected chi connectivity index (χ1v) is 6.17. The fourth-order valence-electron chi connectivity index (χ4n) is 1.90. The highest BCUT2D eigenvalue weighted by atomic mass is 32.1. The Morgan fingerprint density at radius 3 is 2.19 bits per heavy atom. The molecule has 0 heterocycles. The lowest BCUT2D eigenvalue weighted by atomic mass is 10.1. The predicted octanol–water partition coefficient (Wildman–Crippen LogP) is 1.74. The maximum Gasteiger partial charge on any atom is 0.220 e. The molecule has 0 atom stereocenters. The Labute approximate surface area is 102 Å². The van der Waals surface area contributed by atoms with Crippen LogP contribution in [0.3, 0.4) is 0 Å². The number of rotatable bonds is 6. The zero-order valence-electron chi connectivity index (χ0n) is 10.5. The van der Waals surface area contributed by atoms with Gasteiger partial charge in [-0.1, -0.05) is 26.1 Å². The highest BCUT2D eigenvalue weighted by molar-refractivity contribution is 7.71. The summed E-state index contributed by atoms with van der Waals surface area (Å²) in [5.74, 6) is 0. The van der Waals surface area contributed by atoms with Crippen LogP contribution in [0.15, 0.2) is 4.79 Å². The fourth-order valence-corrected chi connectivity index (χ4v) is 2.09. The van der Waals surface area contributed by atoms with Gasteiger partial charge in [-0.2, -0.15) is 0 Å². The van der Waals surface area contributed by atoms with Crippen LogP contribution < -0.4 is 10.3 Å². The maximum absolute atomic E-state index is 11.5. The molecule has 0 spiro atoms. The Bertz CT molecular complexity index is 417. The Kier molecular flexibility index (Phi) is 4.62. The van der Waals surface area contributed by atoms with E-state index in [2.05, 4.69) is 18.7 Å². The summed E-state index contributed by atoms with van der Waals surface area (Å²) in [6.45, 7) is 10.2. The fraction of sp³-hybridized carbons (Fsp3) is 0.667. The van der Waals surface area contributed by atoms with Gasteiger partial charge in [0.25, 0.3) is 0 Å². The van der Waals surface area contributed by atoms with E-state index in [1.807, 2.05) is 18.9 Å². The third-order valence-electron chi connectivity index (χ3n) is 3.14. The molecule has 0 aliphatic carbocycles. The summed E-state index contributed by atoms with van der Waals surface area (Å²) in [5, 5.41) is 0. The molecule has 0 N–H and O–H groups in total. The molecule has 0 aliphatic heterocycles. The molecule has 0 unspecified atom stereocenters. The number of anilines is 1. The second-order valence-electron chi connectivity index (χ2n) is 4.08. The van der Waals surface area contributed by atoms with Crippen LogP contribution in [0.1, 0.15) is 19.4 Å². The number of likely N-dealkylation sites (N-methyl/N-ethyl adjacent to an activating group) is 2. The highest BCUT2D eigenvalue weighted by Gasteiger charge is 2.17. The van der Waals surface area contributed by atoms with E-state index >= 15 is 0 Å². The molecule has 0 fully saturated rings. The molecule has 1 aromatic rings. The summed E-state index contributed by atoms with van der Waals surface area (Å²) in [6, 6.07) is 0. The van der Waals surface area contributed by atoms with Crippen molar-refractivity contribution >= 4 is 17.9 Å². The minimum Gasteiger partial charge on any atom is -0.370 e. The Balaban J connectivity index is 2.58. The second kappa shape index (κ2) is 5.55. The lowest BCUT2D eigenvalue weighted by Gasteiger charge is -2.26. The summed E-state index contributed by atoms with van der Waals surface area (Å²) in [7, 11) is 1.96. The molecule has 1 rings (SSSR count). The van der Waals surface area contributed by atoms with Crippen LogP contribution in [0.2, 0.25) is 0 Å². The normalized spacial score (nSPS) is 11.3. The summed E-state index contributed by atoms with van der Waals surface area (Å²) in [5.41, 5.74) is 1.81. The molecule has 3 nitrogen and oxygen atoms in total. The molecular weight excluding hydrogens is 220 g/mol. The van der Waals surface area contributed by atoms with Gasteiger partial charge in [0.1, 0.15) is 0 Å². The first-order chi connectivity index (χ1) is 7.52. The first kappa shape index (κ1) is 13.3. The molecule has 16 heavy (non-hydrogen) atoms. The van der Waals surface area contributed by atoms with Crippen molar-refractivity contribution in [2.45, 2.75) is 20.8 Å². The molecule has 0 saturated heterocycles. The SMILES string of the molecule is CCN(CC)CCN(C)c1c(C)c(=S)c1=O. The van der Waals surface area contributed by atoms with Crippen LogP contribution in [0.4, 0.5) is 5.69 Å². The van der Waals surface area contributed by atoms with Crippen molar-refractivity contribution in [2.75, 3.05) is 38.1 Å². The minimum absolute atomic E-state index is 0.0366. The van der Waals surface area contributed by atoms with E-state index in [4.69, 9.17) is 12.2 Å².